The first-order chi connectivity index (χ1) is 13.7. The van der Waals surface area contributed by atoms with E-state index >= 15 is 0 Å². The van der Waals surface area contributed by atoms with Crippen molar-refractivity contribution in [2.45, 2.75) is 63.5 Å². The van der Waals surface area contributed by atoms with Crippen molar-refractivity contribution in [1.82, 2.24) is 10.6 Å². The minimum atomic E-state index is -0.698. The number of nitriles is 1. The number of hydrogen-bond donors (Lipinski definition) is 2. The molecule has 28 heavy (non-hydrogen) atoms. The standard InChI is InChI=1S/C23H29N3OS/c1-2-18-9-11-19(12-10-18)22(20-8-7-15-28-20)25-16-21(27)26-23(17-24)13-5-3-4-6-14-23/h7-12,15,22,25H,2-6,13-14,16H2,1H3,(H,26,27)/t22-/m1/s1. The first kappa shape index (κ1) is 20.6. The first-order valence-electron chi connectivity index (χ1n) is 10.2. The van der Waals surface area contributed by atoms with Crippen molar-refractivity contribution in [3.05, 3.63) is 57.8 Å². The molecule has 0 saturated heterocycles. The second kappa shape index (κ2) is 9.86. The molecule has 4 nitrogen and oxygen atoms in total. The van der Waals surface area contributed by atoms with Crippen LogP contribution < -0.4 is 10.6 Å². The van der Waals surface area contributed by atoms with Gasteiger partial charge < -0.3 is 5.32 Å². The van der Waals surface area contributed by atoms with Gasteiger partial charge in [-0.1, -0.05) is 62.9 Å². The van der Waals surface area contributed by atoms with Crippen LogP contribution in [-0.2, 0) is 11.2 Å². The van der Waals surface area contributed by atoms with E-state index in [0.29, 0.717) is 0 Å². The molecule has 1 aliphatic rings. The molecule has 2 N–H and O–H groups in total. The predicted molar refractivity (Wildman–Crippen MR) is 114 cm³/mol. The molecule has 5 heteroatoms. The fourth-order valence-electron chi connectivity index (χ4n) is 3.89. The maximum atomic E-state index is 12.7. The summed E-state index contributed by atoms with van der Waals surface area (Å²) in [6.07, 6.45) is 6.81. The molecule has 0 bridgehead atoms. The number of amides is 1. The van der Waals surface area contributed by atoms with Crippen molar-refractivity contribution in [2.75, 3.05) is 6.54 Å². The van der Waals surface area contributed by atoms with Gasteiger partial charge in [-0.2, -0.15) is 5.26 Å². The zero-order chi connectivity index (χ0) is 19.8. The molecule has 1 saturated carbocycles. The Morgan fingerprint density at radius 2 is 1.89 bits per heavy atom. The van der Waals surface area contributed by atoms with E-state index in [1.165, 1.54) is 10.4 Å². The van der Waals surface area contributed by atoms with E-state index in [0.717, 1.165) is 50.5 Å². The molecule has 0 aliphatic heterocycles. The van der Waals surface area contributed by atoms with Crippen molar-refractivity contribution in [3.8, 4) is 6.07 Å². The number of hydrogen-bond acceptors (Lipinski definition) is 4. The van der Waals surface area contributed by atoms with Crippen LogP contribution in [0.1, 0.15) is 67.5 Å². The van der Waals surface area contributed by atoms with Gasteiger partial charge >= 0.3 is 0 Å². The van der Waals surface area contributed by atoms with Crippen LogP contribution >= 0.6 is 11.3 Å². The molecule has 0 unspecified atom stereocenters. The van der Waals surface area contributed by atoms with Gasteiger partial charge in [0.2, 0.25) is 5.91 Å². The average Bonchev–Trinajstić information content (AvgIpc) is 3.15. The summed E-state index contributed by atoms with van der Waals surface area (Å²) in [5.74, 6) is -0.102. The van der Waals surface area contributed by atoms with Gasteiger partial charge in [-0.3, -0.25) is 10.1 Å². The second-order valence-corrected chi connectivity index (χ2v) is 8.56. The van der Waals surface area contributed by atoms with E-state index in [2.05, 4.69) is 59.3 Å². The SMILES string of the molecule is CCc1ccc([C@@H](NCC(=O)NC2(C#N)CCCCCC2)c2cccs2)cc1. The Hall–Kier alpha value is -2.16. The van der Waals surface area contributed by atoms with Crippen molar-refractivity contribution < 1.29 is 4.79 Å². The summed E-state index contributed by atoms with van der Waals surface area (Å²) < 4.78 is 0. The molecule has 1 atom stereocenters. The third-order valence-corrected chi connectivity index (χ3v) is 6.50. The highest BCUT2D eigenvalue weighted by Gasteiger charge is 2.32. The number of aryl methyl sites for hydroxylation is 1. The zero-order valence-electron chi connectivity index (χ0n) is 16.5. The molecule has 0 spiro atoms. The van der Waals surface area contributed by atoms with Crippen molar-refractivity contribution in [2.24, 2.45) is 0 Å². The van der Waals surface area contributed by atoms with Crippen LogP contribution in [0.5, 0.6) is 0 Å². The number of nitrogens with zero attached hydrogens (tertiary/aromatic N) is 1. The van der Waals surface area contributed by atoms with Crippen LogP contribution in [0.3, 0.4) is 0 Å². The molecule has 1 aromatic carbocycles. The maximum absolute atomic E-state index is 12.7. The topological polar surface area (TPSA) is 64.9 Å². The van der Waals surface area contributed by atoms with Gasteiger partial charge in [0.1, 0.15) is 5.54 Å². The van der Waals surface area contributed by atoms with Crippen LogP contribution in [0.15, 0.2) is 41.8 Å². The lowest BCUT2D eigenvalue weighted by Crippen LogP contribution is -2.50. The summed E-state index contributed by atoms with van der Waals surface area (Å²) in [5.41, 5.74) is 1.75. The fourth-order valence-corrected chi connectivity index (χ4v) is 4.71. The summed E-state index contributed by atoms with van der Waals surface area (Å²) in [6, 6.07) is 15.1. The summed E-state index contributed by atoms with van der Waals surface area (Å²) in [4.78, 5) is 13.9. The number of carbonyl (C=O) groups excluding carboxylic acids is 1. The largest absolute Gasteiger partial charge is 0.337 e. The number of benzene rings is 1. The molecular formula is C23H29N3OS. The van der Waals surface area contributed by atoms with Gasteiger partial charge in [0.25, 0.3) is 0 Å². The lowest BCUT2D eigenvalue weighted by molar-refractivity contribution is -0.121. The Morgan fingerprint density at radius 1 is 1.18 bits per heavy atom. The highest BCUT2D eigenvalue weighted by Crippen LogP contribution is 2.28. The average molecular weight is 396 g/mol. The fraction of sp³-hybridized carbons (Fsp3) is 0.478. The Bertz CT molecular complexity index is 784. The number of carbonyl (C=O) groups is 1. The van der Waals surface area contributed by atoms with E-state index in [1.807, 2.05) is 6.07 Å². The Balaban J connectivity index is 1.67. The van der Waals surface area contributed by atoms with Crippen LogP contribution in [-0.4, -0.2) is 18.0 Å². The third kappa shape index (κ3) is 5.21. The number of thiophene rings is 1. The molecule has 1 aliphatic carbocycles. The smallest absolute Gasteiger partial charge is 0.235 e. The van der Waals surface area contributed by atoms with Gasteiger partial charge in [0, 0.05) is 4.88 Å². The van der Waals surface area contributed by atoms with Crippen LogP contribution in [0.25, 0.3) is 0 Å². The number of rotatable bonds is 7. The zero-order valence-corrected chi connectivity index (χ0v) is 17.4. The minimum Gasteiger partial charge on any atom is -0.337 e. The molecule has 148 valence electrons. The van der Waals surface area contributed by atoms with Gasteiger partial charge in [-0.05, 0) is 41.8 Å². The molecule has 0 radical (unpaired) electrons. The Kier molecular flexibility index (Phi) is 7.24. The lowest BCUT2D eigenvalue weighted by atomic mass is 9.92. The molecule has 1 amide bonds. The first-order valence-corrected chi connectivity index (χ1v) is 11.1. The van der Waals surface area contributed by atoms with Gasteiger partial charge in [0.15, 0.2) is 0 Å². The Labute approximate surface area is 172 Å². The third-order valence-electron chi connectivity index (χ3n) is 5.57. The van der Waals surface area contributed by atoms with Gasteiger partial charge in [0.05, 0.1) is 18.7 Å². The Morgan fingerprint density at radius 3 is 2.46 bits per heavy atom. The van der Waals surface area contributed by atoms with E-state index in [9.17, 15) is 10.1 Å². The van der Waals surface area contributed by atoms with E-state index in [1.54, 1.807) is 11.3 Å². The quantitative estimate of drug-likeness (QED) is 0.667. The molecule has 1 fully saturated rings. The van der Waals surface area contributed by atoms with E-state index in [4.69, 9.17) is 0 Å². The number of nitrogens with one attached hydrogen (secondary N) is 2. The molecule has 1 heterocycles. The van der Waals surface area contributed by atoms with Gasteiger partial charge in [-0.25, -0.2) is 0 Å². The predicted octanol–water partition coefficient (Wildman–Crippen LogP) is 4.72. The van der Waals surface area contributed by atoms with Crippen molar-refractivity contribution >= 4 is 17.2 Å². The van der Waals surface area contributed by atoms with Crippen LogP contribution in [0, 0.1) is 11.3 Å². The molecule has 2 aromatic rings. The molecular weight excluding hydrogens is 366 g/mol. The summed E-state index contributed by atoms with van der Waals surface area (Å²) in [5, 5.41) is 18.2. The van der Waals surface area contributed by atoms with Crippen molar-refractivity contribution in [3.63, 3.8) is 0 Å². The summed E-state index contributed by atoms with van der Waals surface area (Å²) in [6.45, 7) is 2.34. The summed E-state index contributed by atoms with van der Waals surface area (Å²) >= 11 is 1.68. The maximum Gasteiger partial charge on any atom is 0.235 e. The second-order valence-electron chi connectivity index (χ2n) is 7.58. The molecule has 1 aromatic heterocycles. The minimum absolute atomic E-state index is 0.0242. The van der Waals surface area contributed by atoms with Crippen molar-refractivity contribution in [1.29, 1.82) is 5.26 Å². The molecule has 3 rings (SSSR count). The monoisotopic (exact) mass is 395 g/mol. The van der Waals surface area contributed by atoms with E-state index < -0.39 is 5.54 Å². The highest BCUT2D eigenvalue weighted by atomic mass is 32.1. The van der Waals surface area contributed by atoms with Gasteiger partial charge in [-0.15, -0.1) is 11.3 Å². The van der Waals surface area contributed by atoms with Crippen LogP contribution in [0.4, 0.5) is 0 Å². The normalized spacial score (nSPS) is 17.3. The summed E-state index contributed by atoms with van der Waals surface area (Å²) in [7, 11) is 0. The van der Waals surface area contributed by atoms with Crippen LogP contribution in [0.2, 0.25) is 0 Å². The highest BCUT2D eigenvalue weighted by molar-refractivity contribution is 7.10. The van der Waals surface area contributed by atoms with E-state index in [-0.39, 0.29) is 18.5 Å². The lowest BCUT2D eigenvalue weighted by Gasteiger charge is -2.27.